The zero-order chi connectivity index (χ0) is 15.2. The van der Waals surface area contributed by atoms with Crippen LogP contribution in [0.15, 0.2) is 23.1 Å². The van der Waals surface area contributed by atoms with E-state index in [4.69, 9.17) is 15.9 Å². The number of anilines is 1. The van der Waals surface area contributed by atoms with Gasteiger partial charge in [-0.1, -0.05) is 13.0 Å². The molecular formula is C16H25N3OS. The number of piperidine rings is 1. The van der Waals surface area contributed by atoms with E-state index >= 15 is 0 Å². The van der Waals surface area contributed by atoms with E-state index in [-0.39, 0.29) is 5.84 Å². The van der Waals surface area contributed by atoms with Crippen molar-refractivity contribution in [2.24, 2.45) is 11.7 Å². The highest BCUT2D eigenvalue weighted by atomic mass is 32.2. The lowest BCUT2D eigenvalue weighted by molar-refractivity contribution is 0.143. The Morgan fingerprint density at radius 2 is 2.33 bits per heavy atom. The molecule has 0 radical (unpaired) electrons. The van der Waals surface area contributed by atoms with E-state index in [1.165, 1.54) is 6.42 Å². The topological polar surface area (TPSA) is 62.3 Å². The largest absolute Gasteiger partial charge is 0.384 e. The van der Waals surface area contributed by atoms with Crippen LogP contribution in [-0.4, -0.2) is 38.4 Å². The molecule has 1 aliphatic heterocycles. The predicted molar refractivity (Wildman–Crippen MR) is 90.7 cm³/mol. The molecule has 3 N–H and O–H groups in total. The lowest BCUT2D eigenvalue weighted by atomic mass is 9.97. The Balaban J connectivity index is 2.29. The Kier molecular flexibility index (Phi) is 5.94. The van der Waals surface area contributed by atoms with Crippen LogP contribution in [0, 0.1) is 11.3 Å². The van der Waals surface area contributed by atoms with Crippen LogP contribution >= 0.6 is 11.8 Å². The molecule has 1 saturated heterocycles. The fourth-order valence-corrected chi connectivity index (χ4v) is 3.83. The molecule has 1 aromatic rings. The van der Waals surface area contributed by atoms with Gasteiger partial charge in [0.2, 0.25) is 0 Å². The van der Waals surface area contributed by atoms with Crippen molar-refractivity contribution in [1.82, 2.24) is 0 Å². The van der Waals surface area contributed by atoms with Gasteiger partial charge in [0, 0.05) is 30.8 Å². The third-order valence-corrected chi connectivity index (χ3v) is 4.78. The number of nitrogens with two attached hydrogens (primary N) is 1. The standard InChI is InChI=1S/C16H25N3OS/c1-3-21-14-8-4-7-13(15(14)16(17)18)19-9-5-6-12(10-19)11-20-2/h4,7-8,12H,3,5-6,9-11H2,1-2H3,(H3,17,18). The van der Waals surface area contributed by atoms with Gasteiger partial charge in [0.25, 0.3) is 0 Å². The van der Waals surface area contributed by atoms with Crippen molar-refractivity contribution in [3.63, 3.8) is 0 Å². The van der Waals surface area contributed by atoms with Crippen LogP contribution in [0.1, 0.15) is 25.3 Å². The van der Waals surface area contributed by atoms with Gasteiger partial charge >= 0.3 is 0 Å². The minimum absolute atomic E-state index is 0.162. The van der Waals surface area contributed by atoms with Crippen LogP contribution in [0.2, 0.25) is 0 Å². The van der Waals surface area contributed by atoms with Gasteiger partial charge in [-0.25, -0.2) is 0 Å². The fraction of sp³-hybridized carbons (Fsp3) is 0.562. The molecule has 0 saturated carbocycles. The summed E-state index contributed by atoms with van der Waals surface area (Å²) in [6.07, 6.45) is 2.37. The van der Waals surface area contributed by atoms with Crippen LogP contribution in [-0.2, 0) is 4.74 Å². The van der Waals surface area contributed by atoms with E-state index in [2.05, 4.69) is 30.0 Å². The van der Waals surface area contributed by atoms with E-state index in [1.807, 2.05) is 0 Å². The predicted octanol–water partition coefficient (Wildman–Crippen LogP) is 2.95. The molecule has 1 aromatic carbocycles. The van der Waals surface area contributed by atoms with E-state index in [1.54, 1.807) is 18.9 Å². The number of thioether (sulfide) groups is 1. The van der Waals surface area contributed by atoms with Gasteiger partial charge in [-0.3, -0.25) is 5.41 Å². The maximum absolute atomic E-state index is 7.96. The Bertz CT molecular complexity index is 490. The van der Waals surface area contributed by atoms with Crippen molar-refractivity contribution in [1.29, 1.82) is 5.41 Å². The number of methoxy groups -OCH3 is 1. The second-order valence-electron chi connectivity index (χ2n) is 5.41. The Morgan fingerprint density at radius 3 is 3.00 bits per heavy atom. The molecule has 1 heterocycles. The summed E-state index contributed by atoms with van der Waals surface area (Å²) < 4.78 is 5.31. The molecular weight excluding hydrogens is 282 g/mol. The van der Waals surface area contributed by atoms with Gasteiger partial charge < -0.3 is 15.4 Å². The molecule has 1 fully saturated rings. The molecule has 0 bridgehead atoms. The molecule has 0 aromatic heterocycles. The number of benzene rings is 1. The highest BCUT2D eigenvalue weighted by Crippen LogP contribution is 2.32. The summed E-state index contributed by atoms with van der Waals surface area (Å²) in [6, 6.07) is 6.22. The van der Waals surface area contributed by atoms with Gasteiger partial charge in [-0.15, -0.1) is 11.8 Å². The first-order valence-electron chi connectivity index (χ1n) is 7.51. The minimum atomic E-state index is 0.162. The third kappa shape index (κ3) is 3.92. The number of nitrogens with zero attached hydrogens (tertiary/aromatic N) is 1. The zero-order valence-corrected chi connectivity index (χ0v) is 13.7. The number of nitrogens with one attached hydrogen (secondary N) is 1. The molecule has 21 heavy (non-hydrogen) atoms. The van der Waals surface area contributed by atoms with Crippen molar-refractivity contribution >= 4 is 23.3 Å². The van der Waals surface area contributed by atoms with Gasteiger partial charge in [-0.05, 0) is 36.6 Å². The SMILES string of the molecule is CCSc1cccc(N2CCCC(COC)C2)c1C(=N)N. The minimum Gasteiger partial charge on any atom is -0.384 e. The normalized spacial score (nSPS) is 18.8. The molecule has 5 heteroatoms. The van der Waals surface area contributed by atoms with E-state index < -0.39 is 0 Å². The summed E-state index contributed by atoms with van der Waals surface area (Å²) in [4.78, 5) is 3.47. The Morgan fingerprint density at radius 1 is 1.52 bits per heavy atom. The number of hydrogen-bond acceptors (Lipinski definition) is 4. The molecule has 0 amide bonds. The van der Waals surface area contributed by atoms with Gasteiger partial charge in [0.05, 0.1) is 12.2 Å². The quantitative estimate of drug-likeness (QED) is 0.482. The van der Waals surface area contributed by atoms with E-state index in [0.717, 1.165) is 48.0 Å². The second kappa shape index (κ2) is 7.71. The van der Waals surface area contributed by atoms with Crippen molar-refractivity contribution in [3.8, 4) is 0 Å². The lowest BCUT2D eigenvalue weighted by Crippen LogP contribution is -2.38. The summed E-state index contributed by atoms with van der Waals surface area (Å²) in [7, 11) is 1.76. The van der Waals surface area contributed by atoms with Crippen LogP contribution in [0.5, 0.6) is 0 Å². The van der Waals surface area contributed by atoms with Crippen molar-refractivity contribution in [2.75, 3.05) is 37.5 Å². The maximum atomic E-state index is 7.96. The number of hydrogen-bond donors (Lipinski definition) is 2. The van der Waals surface area contributed by atoms with Gasteiger partial charge in [-0.2, -0.15) is 0 Å². The first-order valence-corrected chi connectivity index (χ1v) is 8.50. The van der Waals surface area contributed by atoms with Crippen molar-refractivity contribution in [2.45, 2.75) is 24.7 Å². The molecule has 1 aliphatic rings. The summed E-state index contributed by atoms with van der Waals surface area (Å²) in [6.45, 7) is 4.93. The first-order chi connectivity index (χ1) is 10.2. The molecule has 1 unspecified atom stereocenters. The molecule has 1 atom stereocenters. The maximum Gasteiger partial charge on any atom is 0.126 e. The smallest absolute Gasteiger partial charge is 0.126 e. The van der Waals surface area contributed by atoms with Crippen LogP contribution in [0.4, 0.5) is 5.69 Å². The molecule has 4 nitrogen and oxygen atoms in total. The first kappa shape index (κ1) is 16.2. The third-order valence-electron chi connectivity index (χ3n) is 3.84. The van der Waals surface area contributed by atoms with Crippen molar-refractivity contribution < 1.29 is 4.74 Å². The fourth-order valence-electron chi connectivity index (χ4n) is 2.99. The summed E-state index contributed by atoms with van der Waals surface area (Å²) in [5, 5.41) is 7.96. The lowest BCUT2D eigenvalue weighted by Gasteiger charge is -2.35. The Hall–Kier alpha value is -1.20. The summed E-state index contributed by atoms with van der Waals surface area (Å²) in [5.74, 6) is 1.71. The zero-order valence-electron chi connectivity index (χ0n) is 12.9. The monoisotopic (exact) mass is 307 g/mol. The van der Waals surface area contributed by atoms with Crippen molar-refractivity contribution in [3.05, 3.63) is 23.8 Å². The highest BCUT2D eigenvalue weighted by molar-refractivity contribution is 7.99. The average Bonchev–Trinajstić information content (AvgIpc) is 2.48. The summed E-state index contributed by atoms with van der Waals surface area (Å²) in [5.41, 5.74) is 7.85. The molecule has 116 valence electrons. The highest BCUT2D eigenvalue weighted by Gasteiger charge is 2.23. The number of ether oxygens (including phenoxy) is 1. The average molecular weight is 307 g/mol. The molecule has 0 spiro atoms. The number of rotatable bonds is 6. The van der Waals surface area contributed by atoms with Crippen LogP contribution in [0.3, 0.4) is 0 Å². The Labute approximate surface area is 131 Å². The van der Waals surface area contributed by atoms with Gasteiger partial charge in [0.1, 0.15) is 5.84 Å². The molecule has 0 aliphatic carbocycles. The van der Waals surface area contributed by atoms with E-state index in [0.29, 0.717) is 5.92 Å². The van der Waals surface area contributed by atoms with E-state index in [9.17, 15) is 0 Å². The van der Waals surface area contributed by atoms with Gasteiger partial charge in [0.15, 0.2) is 0 Å². The second-order valence-corrected chi connectivity index (χ2v) is 6.71. The van der Waals surface area contributed by atoms with Crippen LogP contribution in [0.25, 0.3) is 0 Å². The number of amidine groups is 1. The summed E-state index contributed by atoms with van der Waals surface area (Å²) >= 11 is 1.75. The molecule has 2 rings (SSSR count). The van der Waals surface area contributed by atoms with Crippen LogP contribution < -0.4 is 10.6 Å². The number of nitrogen functional groups attached to an aromatic ring is 1.